The van der Waals surface area contributed by atoms with Gasteiger partial charge >= 0.3 is 0 Å². The minimum absolute atomic E-state index is 0.0433. The van der Waals surface area contributed by atoms with E-state index < -0.39 is 0 Å². The van der Waals surface area contributed by atoms with Crippen molar-refractivity contribution in [2.24, 2.45) is 5.92 Å². The fourth-order valence-electron chi connectivity index (χ4n) is 1.74. The van der Waals surface area contributed by atoms with Crippen molar-refractivity contribution >= 4 is 33.4 Å². The van der Waals surface area contributed by atoms with E-state index in [1.807, 2.05) is 0 Å². The predicted molar refractivity (Wildman–Crippen MR) is 79.7 cm³/mol. The molecule has 1 aromatic rings. The third-order valence-electron chi connectivity index (χ3n) is 3.08. The molecule has 5 heteroatoms. The molecule has 0 spiro atoms. The lowest BCUT2D eigenvalue weighted by Crippen LogP contribution is -2.30. The van der Waals surface area contributed by atoms with E-state index in [0.717, 1.165) is 17.0 Å². The molecule has 0 N–H and O–H groups in total. The summed E-state index contributed by atoms with van der Waals surface area (Å²) in [5.41, 5.74) is 0.587. The molecule has 0 atom stereocenters. The van der Waals surface area contributed by atoms with Crippen molar-refractivity contribution in [1.29, 1.82) is 0 Å². The number of carbonyl (C=O) groups is 1. The second kappa shape index (κ2) is 6.73. The molecule has 1 fully saturated rings. The number of halogens is 2. The van der Waals surface area contributed by atoms with Gasteiger partial charge in [-0.25, -0.2) is 0 Å². The highest BCUT2D eigenvalue weighted by Crippen LogP contribution is 2.28. The lowest BCUT2D eigenvalue weighted by Gasteiger charge is -2.17. The van der Waals surface area contributed by atoms with Gasteiger partial charge < -0.3 is 9.64 Å². The topological polar surface area (TPSA) is 29.5 Å². The number of benzene rings is 1. The van der Waals surface area contributed by atoms with Crippen LogP contribution in [0.5, 0.6) is 0 Å². The van der Waals surface area contributed by atoms with Gasteiger partial charge in [0.1, 0.15) is 0 Å². The molecule has 1 aromatic carbocycles. The minimum Gasteiger partial charge on any atom is -0.379 e. The first-order chi connectivity index (χ1) is 9.06. The van der Waals surface area contributed by atoms with Gasteiger partial charge in [0.25, 0.3) is 5.91 Å². The fraction of sp³-hybridized carbons (Fsp3) is 0.500. The highest BCUT2D eigenvalue weighted by Gasteiger charge is 2.21. The van der Waals surface area contributed by atoms with Crippen LogP contribution < -0.4 is 0 Å². The van der Waals surface area contributed by atoms with E-state index in [4.69, 9.17) is 16.3 Å². The van der Waals surface area contributed by atoms with Crippen LogP contribution in [-0.2, 0) is 4.74 Å². The maximum atomic E-state index is 12.2. The molecule has 1 aliphatic carbocycles. The summed E-state index contributed by atoms with van der Waals surface area (Å²) in [5, 5.41) is 0.552. The molecule has 19 heavy (non-hydrogen) atoms. The van der Waals surface area contributed by atoms with Crippen molar-refractivity contribution in [1.82, 2.24) is 4.90 Å². The maximum absolute atomic E-state index is 12.2. The van der Waals surface area contributed by atoms with Crippen LogP contribution in [0.15, 0.2) is 22.7 Å². The molecular formula is C14H17BrClNO2. The third-order valence-corrected chi connectivity index (χ3v) is 3.75. The SMILES string of the molecule is CN(CCOCC1CC1)C(=O)c1cc(Cl)cc(Br)c1. The molecule has 2 rings (SSSR count). The summed E-state index contributed by atoms with van der Waals surface area (Å²) < 4.78 is 6.34. The van der Waals surface area contributed by atoms with E-state index in [-0.39, 0.29) is 5.91 Å². The average Bonchev–Trinajstić information content (AvgIpc) is 3.16. The Labute approximate surface area is 127 Å². The largest absolute Gasteiger partial charge is 0.379 e. The quantitative estimate of drug-likeness (QED) is 0.737. The predicted octanol–water partition coefficient (Wildman–Crippen LogP) is 3.60. The number of hydrogen-bond donors (Lipinski definition) is 0. The van der Waals surface area contributed by atoms with E-state index in [0.29, 0.717) is 23.7 Å². The Kier molecular flexibility index (Phi) is 5.25. The van der Waals surface area contributed by atoms with Gasteiger partial charge in [-0.05, 0) is 37.0 Å². The summed E-state index contributed by atoms with van der Waals surface area (Å²) in [6.07, 6.45) is 2.57. The number of nitrogens with zero attached hydrogens (tertiary/aromatic N) is 1. The Balaban J connectivity index is 1.82. The molecule has 104 valence electrons. The maximum Gasteiger partial charge on any atom is 0.253 e. The summed E-state index contributed by atoms with van der Waals surface area (Å²) in [6.45, 7) is 2.00. The number of ether oxygens (including phenoxy) is 1. The van der Waals surface area contributed by atoms with Gasteiger partial charge in [-0.15, -0.1) is 0 Å². The van der Waals surface area contributed by atoms with Crippen molar-refractivity contribution in [3.63, 3.8) is 0 Å². The third kappa shape index (κ3) is 4.79. The molecule has 0 saturated heterocycles. The molecule has 1 amide bonds. The summed E-state index contributed by atoms with van der Waals surface area (Å²) in [5.74, 6) is 0.711. The zero-order valence-corrected chi connectivity index (χ0v) is 13.2. The summed E-state index contributed by atoms with van der Waals surface area (Å²) in [4.78, 5) is 13.8. The second-order valence-corrected chi connectivity index (χ2v) is 6.26. The highest BCUT2D eigenvalue weighted by molar-refractivity contribution is 9.10. The number of carbonyl (C=O) groups excluding carboxylic acids is 1. The smallest absolute Gasteiger partial charge is 0.253 e. The molecule has 0 unspecified atom stereocenters. The first-order valence-corrected chi connectivity index (χ1v) is 7.52. The van der Waals surface area contributed by atoms with Crippen molar-refractivity contribution in [3.05, 3.63) is 33.3 Å². The van der Waals surface area contributed by atoms with Crippen LogP contribution >= 0.6 is 27.5 Å². The van der Waals surface area contributed by atoms with Gasteiger partial charge in [-0.3, -0.25) is 4.79 Å². The lowest BCUT2D eigenvalue weighted by molar-refractivity contribution is 0.0681. The van der Waals surface area contributed by atoms with E-state index in [1.165, 1.54) is 12.8 Å². The molecule has 0 aliphatic heterocycles. The van der Waals surface area contributed by atoms with Crippen LogP contribution in [0, 0.1) is 5.92 Å². The number of amides is 1. The normalized spacial score (nSPS) is 14.5. The Morgan fingerprint density at radius 3 is 2.84 bits per heavy atom. The van der Waals surface area contributed by atoms with Gasteiger partial charge in [0, 0.05) is 35.3 Å². The number of hydrogen-bond acceptors (Lipinski definition) is 2. The monoisotopic (exact) mass is 345 g/mol. The molecule has 3 nitrogen and oxygen atoms in total. The molecule has 1 aliphatic rings. The molecule has 1 saturated carbocycles. The van der Waals surface area contributed by atoms with Crippen LogP contribution in [0.25, 0.3) is 0 Å². The summed E-state index contributed by atoms with van der Waals surface area (Å²) >= 11 is 9.28. The average molecular weight is 347 g/mol. The summed E-state index contributed by atoms with van der Waals surface area (Å²) in [7, 11) is 1.78. The van der Waals surface area contributed by atoms with Crippen molar-refractivity contribution in [3.8, 4) is 0 Å². The molecule has 0 heterocycles. The van der Waals surface area contributed by atoms with Gasteiger partial charge in [-0.1, -0.05) is 27.5 Å². The zero-order chi connectivity index (χ0) is 13.8. The van der Waals surface area contributed by atoms with E-state index in [1.54, 1.807) is 30.1 Å². The Hall–Kier alpha value is -0.580. The Morgan fingerprint density at radius 2 is 2.21 bits per heavy atom. The second-order valence-electron chi connectivity index (χ2n) is 4.90. The fourth-order valence-corrected chi connectivity index (χ4v) is 2.60. The first-order valence-electron chi connectivity index (χ1n) is 6.35. The van der Waals surface area contributed by atoms with Crippen LogP contribution in [0.3, 0.4) is 0 Å². The van der Waals surface area contributed by atoms with Crippen molar-refractivity contribution < 1.29 is 9.53 Å². The molecule has 0 radical (unpaired) electrons. The van der Waals surface area contributed by atoms with Crippen LogP contribution in [0.4, 0.5) is 0 Å². The Bertz CT molecular complexity index is 443. The van der Waals surface area contributed by atoms with Crippen molar-refractivity contribution in [2.75, 3.05) is 26.8 Å². The van der Waals surface area contributed by atoms with Gasteiger partial charge in [0.05, 0.1) is 6.61 Å². The Morgan fingerprint density at radius 1 is 1.47 bits per heavy atom. The van der Waals surface area contributed by atoms with Gasteiger partial charge in [0.2, 0.25) is 0 Å². The zero-order valence-electron chi connectivity index (χ0n) is 10.9. The van der Waals surface area contributed by atoms with Crippen LogP contribution in [-0.4, -0.2) is 37.6 Å². The van der Waals surface area contributed by atoms with Gasteiger partial charge in [-0.2, -0.15) is 0 Å². The number of rotatable bonds is 6. The van der Waals surface area contributed by atoms with Gasteiger partial charge in [0.15, 0.2) is 0 Å². The standard InChI is InChI=1S/C14H17BrClNO2/c1-17(4-5-19-9-10-2-3-10)14(18)11-6-12(15)8-13(16)7-11/h6-8,10H,2-5,9H2,1H3. The minimum atomic E-state index is -0.0433. The highest BCUT2D eigenvalue weighted by atomic mass is 79.9. The van der Waals surface area contributed by atoms with Crippen molar-refractivity contribution in [2.45, 2.75) is 12.8 Å². The van der Waals surface area contributed by atoms with Crippen LogP contribution in [0.2, 0.25) is 5.02 Å². The first kappa shape index (κ1) is 14.8. The lowest BCUT2D eigenvalue weighted by atomic mass is 10.2. The van der Waals surface area contributed by atoms with E-state index in [9.17, 15) is 4.79 Å². The summed E-state index contributed by atoms with van der Waals surface area (Å²) in [6, 6.07) is 5.21. The number of likely N-dealkylation sites (N-methyl/N-ethyl adjacent to an activating group) is 1. The molecular weight excluding hydrogens is 330 g/mol. The molecule has 0 aromatic heterocycles. The van der Waals surface area contributed by atoms with Crippen LogP contribution in [0.1, 0.15) is 23.2 Å². The van der Waals surface area contributed by atoms with E-state index in [2.05, 4.69) is 15.9 Å². The van der Waals surface area contributed by atoms with E-state index >= 15 is 0 Å². The molecule has 0 bridgehead atoms.